The monoisotopic (exact) mass is 215 g/mol. The van der Waals surface area contributed by atoms with Gasteiger partial charge >= 0.3 is 0 Å². The summed E-state index contributed by atoms with van der Waals surface area (Å²) in [5.74, 6) is 3.97. The van der Waals surface area contributed by atoms with E-state index < -0.39 is 0 Å². The molecule has 14 heavy (non-hydrogen) atoms. The van der Waals surface area contributed by atoms with E-state index in [0.29, 0.717) is 0 Å². The molecule has 2 saturated carbocycles. The highest BCUT2D eigenvalue weighted by Crippen LogP contribution is 2.48. The third kappa shape index (κ3) is 2.43. The largest absolute Gasteiger partial charge is 0.306 e. The summed E-state index contributed by atoms with van der Waals surface area (Å²) in [5, 5.41) is 0. The van der Waals surface area contributed by atoms with E-state index in [0.717, 1.165) is 30.1 Å². The fraction of sp³-hybridized carbons (Fsp3) is 1.00. The number of halogens is 1. The molecular formula is C12H22ClN. The van der Waals surface area contributed by atoms with Crippen LogP contribution in [0.3, 0.4) is 0 Å². The van der Waals surface area contributed by atoms with Crippen LogP contribution in [0.4, 0.5) is 0 Å². The highest BCUT2D eigenvalue weighted by Gasteiger charge is 2.39. The molecule has 0 amide bonds. The van der Waals surface area contributed by atoms with E-state index in [4.69, 9.17) is 11.6 Å². The van der Waals surface area contributed by atoms with Gasteiger partial charge < -0.3 is 4.90 Å². The van der Waals surface area contributed by atoms with Gasteiger partial charge in [0.25, 0.3) is 0 Å². The zero-order valence-corrected chi connectivity index (χ0v) is 9.97. The van der Waals surface area contributed by atoms with Crippen LogP contribution in [0.5, 0.6) is 0 Å². The summed E-state index contributed by atoms with van der Waals surface area (Å²) in [4.78, 5) is 2.48. The third-order valence-electron chi connectivity index (χ3n) is 4.10. The molecule has 0 aromatic carbocycles. The van der Waals surface area contributed by atoms with Crippen molar-refractivity contribution in [2.24, 2.45) is 17.8 Å². The van der Waals surface area contributed by atoms with Crippen LogP contribution in [0.1, 0.15) is 32.1 Å². The highest BCUT2D eigenvalue weighted by atomic mass is 35.5. The first-order valence-corrected chi connectivity index (χ1v) is 6.57. The summed E-state index contributed by atoms with van der Waals surface area (Å²) in [6, 6.07) is 0. The molecule has 0 radical (unpaired) electrons. The van der Waals surface area contributed by atoms with Crippen LogP contribution >= 0.6 is 11.6 Å². The maximum absolute atomic E-state index is 5.70. The molecule has 2 rings (SSSR count). The van der Waals surface area contributed by atoms with E-state index >= 15 is 0 Å². The SMILES string of the molecule is CN(CCCCl)CC1CC2CCC1C2. The molecule has 0 N–H and O–H groups in total. The van der Waals surface area contributed by atoms with Crippen molar-refractivity contribution < 1.29 is 0 Å². The van der Waals surface area contributed by atoms with Crippen LogP contribution in [0.15, 0.2) is 0 Å². The van der Waals surface area contributed by atoms with Crippen molar-refractivity contribution >= 4 is 11.6 Å². The Hall–Kier alpha value is 0.250. The van der Waals surface area contributed by atoms with E-state index in [9.17, 15) is 0 Å². The van der Waals surface area contributed by atoms with E-state index in [1.165, 1.54) is 38.8 Å². The molecule has 0 spiro atoms. The number of hydrogen-bond acceptors (Lipinski definition) is 1. The predicted octanol–water partition coefficient (Wildman–Crippen LogP) is 2.98. The molecule has 1 nitrogen and oxygen atoms in total. The molecule has 0 aliphatic heterocycles. The average Bonchev–Trinajstić information content (AvgIpc) is 2.76. The second kappa shape index (κ2) is 4.85. The van der Waals surface area contributed by atoms with E-state index in [1.807, 2.05) is 0 Å². The minimum absolute atomic E-state index is 0.807. The van der Waals surface area contributed by atoms with Gasteiger partial charge in [0.15, 0.2) is 0 Å². The Bertz CT molecular complexity index is 183. The van der Waals surface area contributed by atoms with E-state index in [1.54, 1.807) is 0 Å². The molecule has 0 saturated heterocycles. The smallest absolute Gasteiger partial charge is 0.0235 e. The molecule has 2 heteroatoms. The van der Waals surface area contributed by atoms with Crippen LogP contribution in [0.2, 0.25) is 0 Å². The molecule has 2 bridgehead atoms. The lowest BCUT2D eigenvalue weighted by Crippen LogP contribution is -2.29. The second-order valence-corrected chi connectivity index (χ2v) is 5.62. The minimum Gasteiger partial charge on any atom is -0.306 e. The number of nitrogens with zero attached hydrogens (tertiary/aromatic N) is 1. The maximum Gasteiger partial charge on any atom is 0.0235 e. The third-order valence-corrected chi connectivity index (χ3v) is 4.37. The van der Waals surface area contributed by atoms with Gasteiger partial charge in [0.1, 0.15) is 0 Å². The zero-order valence-electron chi connectivity index (χ0n) is 9.21. The van der Waals surface area contributed by atoms with Crippen molar-refractivity contribution in [3.05, 3.63) is 0 Å². The number of alkyl halides is 1. The molecular weight excluding hydrogens is 194 g/mol. The van der Waals surface area contributed by atoms with Crippen LogP contribution in [0.25, 0.3) is 0 Å². The van der Waals surface area contributed by atoms with Crippen molar-refractivity contribution in [2.75, 3.05) is 26.0 Å². The van der Waals surface area contributed by atoms with Gasteiger partial charge in [0, 0.05) is 12.4 Å². The van der Waals surface area contributed by atoms with E-state index in [-0.39, 0.29) is 0 Å². The summed E-state index contributed by atoms with van der Waals surface area (Å²) >= 11 is 5.70. The molecule has 3 atom stereocenters. The van der Waals surface area contributed by atoms with Gasteiger partial charge in [-0.3, -0.25) is 0 Å². The first-order chi connectivity index (χ1) is 6.79. The summed E-state index contributed by atoms with van der Waals surface area (Å²) in [7, 11) is 2.25. The molecule has 0 aromatic heterocycles. The van der Waals surface area contributed by atoms with Gasteiger partial charge in [0.05, 0.1) is 0 Å². The molecule has 0 aromatic rings. The highest BCUT2D eigenvalue weighted by molar-refractivity contribution is 6.17. The Morgan fingerprint density at radius 3 is 2.71 bits per heavy atom. The Kier molecular flexibility index (Phi) is 3.73. The molecule has 0 heterocycles. The minimum atomic E-state index is 0.807. The number of hydrogen-bond donors (Lipinski definition) is 0. The molecule has 82 valence electrons. The quantitative estimate of drug-likeness (QED) is 0.638. The fourth-order valence-corrected chi connectivity index (χ4v) is 3.54. The second-order valence-electron chi connectivity index (χ2n) is 5.24. The Labute approximate surface area is 92.8 Å². The number of fused-ring (bicyclic) bond motifs is 2. The van der Waals surface area contributed by atoms with Crippen molar-refractivity contribution in [3.63, 3.8) is 0 Å². The molecule has 2 aliphatic rings. The molecule has 2 fully saturated rings. The van der Waals surface area contributed by atoms with Crippen LogP contribution < -0.4 is 0 Å². The standard InChI is InChI=1S/C12H22ClN/c1-14(6-2-5-13)9-12-8-10-3-4-11(12)7-10/h10-12H,2-9H2,1H3. The van der Waals surface area contributed by atoms with Gasteiger partial charge in [-0.05, 0) is 57.0 Å². The maximum atomic E-state index is 5.70. The van der Waals surface area contributed by atoms with Gasteiger partial charge in [0.2, 0.25) is 0 Å². The lowest BCUT2D eigenvalue weighted by atomic mass is 9.88. The van der Waals surface area contributed by atoms with Crippen molar-refractivity contribution in [2.45, 2.75) is 32.1 Å². The van der Waals surface area contributed by atoms with Gasteiger partial charge in [-0.25, -0.2) is 0 Å². The molecule has 3 unspecified atom stereocenters. The lowest BCUT2D eigenvalue weighted by molar-refractivity contribution is 0.220. The van der Waals surface area contributed by atoms with Crippen molar-refractivity contribution in [1.29, 1.82) is 0 Å². The normalized spacial score (nSPS) is 35.8. The van der Waals surface area contributed by atoms with E-state index in [2.05, 4.69) is 11.9 Å². The fourth-order valence-electron chi connectivity index (χ4n) is 3.42. The zero-order chi connectivity index (χ0) is 9.97. The summed E-state index contributed by atoms with van der Waals surface area (Å²) in [5.41, 5.74) is 0. The predicted molar refractivity (Wildman–Crippen MR) is 61.8 cm³/mol. The Balaban J connectivity index is 1.70. The average molecular weight is 216 g/mol. The topological polar surface area (TPSA) is 3.24 Å². The summed E-state index contributed by atoms with van der Waals surface area (Å²) in [6.07, 6.45) is 7.22. The Morgan fingerprint density at radius 2 is 2.14 bits per heavy atom. The molecule has 2 aliphatic carbocycles. The van der Waals surface area contributed by atoms with Crippen LogP contribution in [-0.2, 0) is 0 Å². The van der Waals surface area contributed by atoms with Crippen LogP contribution in [-0.4, -0.2) is 30.9 Å². The lowest BCUT2D eigenvalue weighted by Gasteiger charge is -2.26. The van der Waals surface area contributed by atoms with Gasteiger partial charge in [-0.15, -0.1) is 11.6 Å². The first kappa shape index (κ1) is 10.8. The van der Waals surface area contributed by atoms with Gasteiger partial charge in [-0.1, -0.05) is 6.42 Å². The summed E-state index contributed by atoms with van der Waals surface area (Å²) < 4.78 is 0. The van der Waals surface area contributed by atoms with Crippen molar-refractivity contribution in [3.8, 4) is 0 Å². The van der Waals surface area contributed by atoms with Gasteiger partial charge in [-0.2, -0.15) is 0 Å². The Morgan fingerprint density at radius 1 is 1.29 bits per heavy atom. The summed E-state index contributed by atoms with van der Waals surface area (Å²) in [6.45, 7) is 2.50. The van der Waals surface area contributed by atoms with Crippen LogP contribution in [0, 0.1) is 17.8 Å². The number of rotatable bonds is 5. The van der Waals surface area contributed by atoms with Crippen molar-refractivity contribution in [1.82, 2.24) is 4.90 Å². The first-order valence-electron chi connectivity index (χ1n) is 6.04.